The average Bonchev–Trinajstić information content (AvgIpc) is 2.16. The van der Waals surface area contributed by atoms with Gasteiger partial charge in [-0.1, -0.05) is 26.0 Å². The van der Waals surface area contributed by atoms with Gasteiger partial charge in [0.25, 0.3) is 5.69 Å². The van der Waals surface area contributed by atoms with Crippen molar-refractivity contribution in [2.24, 2.45) is 11.7 Å². The molecule has 0 bridgehead atoms. The van der Waals surface area contributed by atoms with E-state index in [1.54, 1.807) is 12.1 Å². The molecule has 0 heterocycles. The molecule has 0 aliphatic rings. The Bertz CT molecular complexity index is 319. The Morgan fingerprint density at radius 1 is 1.29 bits per heavy atom. The first-order valence-electron chi connectivity index (χ1n) is 4.52. The Balaban J connectivity index is 2.88. The van der Waals surface area contributed by atoms with Crippen molar-refractivity contribution in [1.29, 1.82) is 0 Å². The molecular weight excluding hydrogens is 180 g/mol. The number of non-ortho nitro benzene ring substituents is 1. The minimum Gasteiger partial charge on any atom is -0.324 e. The maximum atomic E-state index is 10.4. The molecule has 1 rings (SSSR count). The van der Waals surface area contributed by atoms with Crippen LogP contribution in [0.2, 0.25) is 0 Å². The molecule has 4 heteroatoms. The minimum absolute atomic E-state index is 0.0594. The molecule has 0 aliphatic heterocycles. The predicted octanol–water partition coefficient (Wildman–Crippen LogP) is 2.25. The topological polar surface area (TPSA) is 69.2 Å². The first kappa shape index (κ1) is 10.7. The van der Waals surface area contributed by atoms with Gasteiger partial charge in [0.15, 0.2) is 0 Å². The summed E-state index contributed by atoms with van der Waals surface area (Å²) in [7, 11) is 0. The van der Waals surface area contributed by atoms with E-state index in [-0.39, 0.29) is 11.7 Å². The highest BCUT2D eigenvalue weighted by atomic mass is 16.6. The van der Waals surface area contributed by atoms with Gasteiger partial charge in [-0.05, 0) is 11.5 Å². The van der Waals surface area contributed by atoms with Crippen molar-refractivity contribution in [3.63, 3.8) is 0 Å². The third-order valence-electron chi connectivity index (χ3n) is 2.21. The lowest BCUT2D eigenvalue weighted by atomic mass is 9.97. The smallest absolute Gasteiger partial charge is 0.269 e. The van der Waals surface area contributed by atoms with Gasteiger partial charge < -0.3 is 5.73 Å². The van der Waals surface area contributed by atoms with Crippen molar-refractivity contribution in [3.05, 3.63) is 39.9 Å². The van der Waals surface area contributed by atoms with Crippen LogP contribution in [-0.4, -0.2) is 4.92 Å². The van der Waals surface area contributed by atoms with Crippen LogP contribution < -0.4 is 5.73 Å². The molecule has 0 aromatic heterocycles. The summed E-state index contributed by atoms with van der Waals surface area (Å²) < 4.78 is 0. The Hall–Kier alpha value is -1.42. The molecule has 0 fully saturated rings. The molecule has 2 N–H and O–H groups in total. The van der Waals surface area contributed by atoms with Gasteiger partial charge in [-0.3, -0.25) is 10.1 Å². The van der Waals surface area contributed by atoms with Crippen LogP contribution in [0.3, 0.4) is 0 Å². The second-order valence-corrected chi connectivity index (χ2v) is 3.62. The number of benzene rings is 1. The Labute approximate surface area is 82.9 Å². The SMILES string of the molecule is CC(C)C(N)c1ccc([N+](=O)[O-])cc1. The number of hydrogen-bond acceptors (Lipinski definition) is 3. The Morgan fingerprint density at radius 3 is 2.14 bits per heavy atom. The third kappa shape index (κ3) is 2.29. The molecule has 0 saturated carbocycles. The second-order valence-electron chi connectivity index (χ2n) is 3.62. The first-order chi connectivity index (χ1) is 6.52. The highest BCUT2D eigenvalue weighted by Gasteiger charge is 2.11. The molecular formula is C10H14N2O2. The van der Waals surface area contributed by atoms with Crippen molar-refractivity contribution in [1.82, 2.24) is 0 Å². The molecule has 0 amide bonds. The lowest BCUT2D eigenvalue weighted by molar-refractivity contribution is -0.384. The van der Waals surface area contributed by atoms with Crippen LogP contribution in [0.1, 0.15) is 25.5 Å². The fourth-order valence-corrected chi connectivity index (χ4v) is 1.20. The van der Waals surface area contributed by atoms with Gasteiger partial charge in [-0.15, -0.1) is 0 Å². The molecule has 0 radical (unpaired) electrons. The van der Waals surface area contributed by atoms with E-state index >= 15 is 0 Å². The quantitative estimate of drug-likeness (QED) is 0.592. The largest absolute Gasteiger partial charge is 0.324 e. The van der Waals surface area contributed by atoms with Gasteiger partial charge in [-0.25, -0.2) is 0 Å². The van der Waals surface area contributed by atoms with Crippen LogP contribution in [-0.2, 0) is 0 Å². The zero-order chi connectivity index (χ0) is 10.7. The summed E-state index contributed by atoms with van der Waals surface area (Å²) in [5, 5.41) is 10.4. The number of nitrogens with zero attached hydrogens (tertiary/aromatic N) is 1. The molecule has 0 spiro atoms. The van der Waals surface area contributed by atoms with E-state index in [2.05, 4.69) is 0 Å². The summed E-state index contributed by atoms with van der Waals surface area (Å²) in [5.74, 6) is 0.330. The molecule has 1 unspecified atom stereocenters. The van der Waals surface area contributed by atoms with Crippen LogP contribution in [0, 0.1) is 16.0 Å². The van der Waals surface area contributed by atoms with Crippen LogP contribution in [0.25, 0.3) is 0 Å². The van der Waals surface area contributed by atoms with Crippen molar-refractivity contribution in [2.75, 3.05) is 0 Å². The van der Waals surface area contributed by atoms with Gasteiger partial charge in [-0.2, -0.15) is 0 Å². The van der Waals surface area contributed by atoms with Gasteiger partial charge in [0, 0.05) is 18.2 Å². The summed E-state index contributed by atoms with van der Waals surface area (Å²) in [6.07, 6.45) is 0. The Morgan fingerprint density at radius 2 is 1.79 bits per heavy atom. The lowest BCUT2D eigenvalue weighted by Gasteiger charge is -2.15. The van der Waals surface area contributed by atoms with E-state index in [0.717, 1.165) is 5.56 Å². The van der Waals surface area contributed by atoms with E-state index in [4.69, 9.17) is 5.73 Å². The monoisotopic (exact) mass is 194 g/mol. The Kier molecular flexibility index (Phi) is 3.19. The number of hydrogen-bond donors (Lipinski definition) is 1. The normalized spacial score (nSPS) is 12.9. The molecule has 76 valence electrons. The number of rotatable bonds is 3. The second kappa shape index (κ2) is 4.19. The first-order valence-corrected chi connectivity index (χ1v) is 4.52. The molecule has 0 aliphatic carbocycles. The summed E-state index contributed by atoms with van der Waals surface area (Å²) >= 11 is 0. The minimum atomic E-state index is -0.412. The molecule has 1 atom stereocenters. The van der Waals surface area contributed by atoms with E-state index in [9.17, 15) is 10.1 Å². The molecule has 0 saturated heterocycles. The molecule has 1 aromatic carbocycles. The third-order valence-corrected chi connectivity index (χ3v) is 2.21. The van der Waals surface area contributed by atoms with Gasteiger partial charge >= 0.3 is 0 Å². The van der Waals surface area contributed by atoms with E-state index in [1.165, 1.54) is 12.1 Å². The molecule has 4 nitrogen and oxygen atoms in total. The van der Waals surface area contributed by atoms with Gasteiger partial charge in [0.2, 0.25) is 0 Å². The zero-order valence-electron chi connectivity index (χ0n) is 8.31. The summed E-state index contributed by atoms with van der Waals surface area (Å²) in [6, 6.07) is 6.33. The van der Waals surface area contributed by atoms with Gasteiger partial charge in [0.1, 0.15) is 0 Å². The van der Waals surface area contributed by atoms with Crippen LogP contribution in [0.4, 0.5) is 5.69 Å². The molecule has 1 aromatic rings. The summed E-state index contributed by atoms with van der Waals surface area (Å²) in [5.41, 5.74) is 6.93. The summed E-state index contributed by atoms with van der Waals surface area (Å²) in [6.45, 7) is 4.04. The van der Waals surface area contributed by atoms with Crippen molar-refractivity contribution in [2.45, 2.75) is 19.9 Å². The van der Waals surface area contributed by atoms with Crippen LogP contribution in [0.15, 0.2) is 24.3 Å². The fourth-order valence-electron chi connectivity index (χ4n) is 1.20. The maximum absolute atomic E-state index is 10.4. The lowest BCUT2D eigenvalue weighted by Crippen LogP contribution is -2.16. The standard InChI is InChI=1S/C10H14N2O2/c1-7(2)10(11)8-3-5-9(6-4-8)12(13)14/h3-7,10H,11H2,1-2H3. The highest BCUT2D eigenvalue weighted by molar-refractivity contribution is 5.34. The van der Waals surface area contributed by atoms with E-state index < -0.39 is 4.92 Å². The number of nitro benzene ring substituents is 1. The average molecular weight is 194 g/mol. The van der Waals surface area contributed by atoms with Crippen LogP contribution in [0.5, 0.6) is 0 Å². The van der Waals surface area contributed by atoms with Crippen molar-refractivity contribution < 1.29 is 4.92 Å². The zero-order valence-corrected chi connectivity index (χ0v) is 8.31. The highest BCUT2D eigenvalue weighted by Crippen LogP contribution is 2.21. The van der Waals surface area contributed by atoms with E-state index in [1.807, 2.05) is 13.8 Å². The van der Waals surface area contributed by atoms with Crippen molar-refractivity contribution in [3.8, 4) is 0 Å². The van der Waals surface area contributed by atoms with Gasteiger partial charge in [0.05, 0.1) is 4.92 Å². The maximum Gasteiger partial charge on any atom is 0.269 e. The number of nitro groups is 1. The van der Waals surface area contributed by atoms with E-state index in [0.29, 0.717) is 5.92 Å². The number of nitrogens with two attached hydrogens (primary N) is 1. The fraction of sp³-hybridized carbons (Fsp3) is 0.400. The van der Waals surface area contributed by atoms with Crippen molar-refractivity contribution >= 4 is 5.69 Å². The predicted molar refractivity (Wildman–Crippen MR) is 54.9 cm³/mol. The molecule has 14 heavy (non-hydrogen) atoms. The van der Waals surface area contributed by atoms with Crippen LogP contribution >= 0.6 is 0 Å². The summed E-state index contributed by atoms with van der Waals surface area (Å²) in [4.78, 5) is 9.98.